The van der Waals surface area contributed by atoms with Crippen molar-refractivity contribution < 1.29 is 18.8 Å². The van der Waals surface area contributed by atoms with E-state index in [1.165, 1.54) is 23.5 Å². The van der Waals surface area contributed by atoms with Gasteiger partial charge in [-0.2, -0.15) is 0 Å². The Bertz CT molecular complexity index is 1170. The minimum absolute atomic E-state index is 0.00899. The summed E-state index contributed by atoms with van der Waals surface area (Å²) in [4.78, 5) is 42.2. The van der Waals surface area contributed by atoms with Gasteiger partial charge in [0.15, 0.2) is 0 Å². The molecule has 1 heterocycles. The molecule has 4 rings (SSSR count). The van der Waals surface area contributed by atoms with Crippen LogP contribution in [-0.2, 0) is 20.8 Å². The Labute approximate surface area is 242 Å². The minimum Gasteiger partial charge on any atom is -0.352 e. The van der Waals surface area contributed by atoms with E-state index in [4.69, 9.17) is 11.6 Å². The Balaban J connectivity index is 1.33. The third-order valence-electron chi connectivity index (χ3n) is 7.58. The number of carbonyl (C=O) groups excluding carboxylic acids is 3. The average molecular weight is 622 g/mol. The molecule has 39 heavy (non-hydrogen) atoms. The molecule has 2 aromatic carbocycles. The van der Waals surface area contributed by atoms with Gasteiger partial charge in [0.25, 0.3) is 0 Å². The largest absolute Gasteiger partial charge is 0.352 e. The molecule has 0 radical (unpaired) electrons. The van der Waals surface area contributed by atoms with Crippen LogP contribution in [0.4, 0.5) is 4.39 Å². The predicted molar refractivity (Wildman–Crippen MR) is 153 cm³/mol. The molecule has 0 spiro atoms. The van der Waals surface area contributed by atoms with Crippen LogP contribution < -0.4 is 10.6 Å². The van der Waals surface area contributed by atoms with Crippen LogP contribution in [-0.4, -0.2) is 66.3 Å². The number of rotatable bonds is 7. The molecule has 1 saturated carbocycles. The van der Waals surface area contributed by atoms with Crippen LogP contribution in [0.5, 0.6) is 0 Å². The molecule has 3 amide bonds. The van der Waals surface area contributed by atoms with Gasteiger partial charge < -0.3 is 15.5 Å². The van der Waals surface area contributed by atoms with Crippen LogP contribution in [0.25, 0.3) is 0 Å². The van der Waals surface area contributed by atoms with Gasteiger partial charge in [-0.25, -0.2) is 4.39 Å². The fourth-order valence-corrected chi connectivity index (χ4v) is 6.24. The average Bonchev–Trinajstić information content (AvgIpc) is 2.90. The molecule has 1 aliphatic heterocycles. The van der Waals surface area contributed by atoms with E-state index < -0.39 is 23.7 Å². The van der Waals surface area contributed by atoms with Crippen molar-refractivity contribution in [2.75, 3.05) is 32.7 Å². The summed E-state index contributed by atoms with van der Waals surface area (Å²) in [7, 11) is 0. The topological polar surface area (TPSA) is 81.8 Å². The van der Waals surface area contributed by atoms with E-state index in [0.717, 1.165) is 23.7 Å². The van der Waals surface area contributed by atoms with Crippen LogP contribution in [0.3, 0.4) is 0 Å². The molecule has 3 atom stereocenters. The highest BCUT2D eigenvalue weighted by molar-refractivity contribution is 9.10. The zero-order valence-electron chi connectivity index (χ0n) is 22.1. The number of hydrogen-bond donors (Lipinski definition) is 2. The van der Waals surface area contributed by atoms with Crippen molar-refractivity contribution in [1.29, 1.82) is 0 Å². The monoisotopic (exact) mass is 620 g/mol. The van der Waals surface area contributed by atoms with Crippen LogP contribution in [0, 0.1) is 11.7 Å². The molecule has 0 aromatic heterocycles. The summed E-state index contributed by atoms with van der Waals surface area (Å²) in [5, 5.41) is 6.21. The molecule has 10 heteroatoms. The first-order valence-electron chi connectivity index (χ1n) is 13.5. The summed E-state index contributed by atoms with van der Waals surface area (Å²) in [5.74, 6) is -1.24. The molecular weight excluding hydrogens is 587 g/mol. The fraction of sp³-hybridized carbons (Fsp3) is 0.483. The summed E-state index contributed by atoms with van der Waals surface area (Å²) in [6.07, 6.45) is 4.49. The van der Waals surface area contributed by atoms with Crippen molar-refractivity contribution in [3.8, 4) is 0 Å². The zero-order valence-corrected chi connectivity index (χ0v) is 24.4. The number of halogens is 3. The van der Waals surface area contributed by atoms with Crippen molar-refractivity contribution in [2.24, 2.45) is 5.92 Å². The first-order valence-corrected chi connectivity index (χ1v) is 14.7. The number of hydrogen-bond acceptors (Lipinski definition) is 4. The van der Waals surface area contributed by atoms with E-state index in [0.29, 0.717) is 37.7 Å². The Morgan fingerprint density at radius 1 is 1.08 bits per heavy atom. The second kappa shape index (κ2) is 13.7. The summed E-state index contributed by atoms with van der Waals surface area (Å²) >= 11 is 9.76. The molecule has 3 unspecified atom stereocenters. The Morgan fingerprint density at radius 3 is 2.51 bits per heavy atom. The van der Waals surface area contributed by atoms with E-state index in [1.54, 1.807) is 6.07 Å². The molecule has 2 fully saturated rings. The lowest BCUT2D eigenvalue weighted by molar-refractivity contribution is -0.147. The van der Waals surface area contributed by atoms with Crippen molar-refractivity contribution >= 4 is 45.3 Å². The summed E-state index contributed by atoms with van der Waals surface area (Å²) in [6.45, 7) is 4.21. The maximum Gasteiger partial charge on any atom is 0.311 e. The Kier molecular flexibility index (Phi) is 10.4. The SMILES string of the molecule is CC1CCCC(NC(=O)CN2CCN(C(=O)C(=O)NC(Cc3c(F)cccc3Cl)c3ccccc3Br)CC2)C1. The van der Waals surface area contributed by atoms with Gasteiger partial charge >= 0.3 is 11.8 Å². The molecule has 1 saturated heterocycles. The van der Waals surface area contributed by atoms with Gasteiger partial charge in [-0.1, -0.05) is 71.6 Å². The van der Waals surface area contributed by atoms with E-state index >= 15 is 0 Å². The third-order valence-corrected chi connectivity index (χ3v) is 8.65. The van der Waals surface area contributed by atoms with E-state index in [-0.39, 0.29) is 35.5 Å². The maximum atomic E-state index is 14.6. The second-order valence-corrected chi connectivity index (χ2v) is 11.8. The number of nitrogens with zero attached hydrogens (tertiary/aromatic N) is 2. The highest BCUT2D eigenvalue weighted by Crippen LogP contribution is 2.30. The first kappa shape index (κ1) is 29.5. The van der Waals surface area contributed by atoms with Crippen molar-refractivity contribution in [3.63, 3.8) is 0 Å². The molecule has 210 valence electrons. The fourth-order valence-electron chi connectivity index (χ4n) is 5.44. The van der Waals surface area contributed by atoms with Crippen LogP contribution in [0.2, 0.25) is 5.02 Å². The van der Waals surface area contributed by atoms with Gasteiger partial charge in [-0.15, -0.1) is 0 Å². The molecule has 7 nitrogen and oxygen atoms in total. The van der Waals surface area contributed by atoms with E-state index in [2.05, 4.69) is 33.5 Å². The number of nitrogens with one attached hydrogen (secondary N) is 2. The second-order valence-electron chi connectivity index (χ2n) is 10.6. The van der Waals surface area contributed by atoms with E-state index in [9.17, 15) is 18.8 Å². The smallest absolute Gasteiger partial charge is 0.311 e. The first-order chi connectivity index (χ1) is 18.7. The molecular formula is C29H35BrClFN4O3. The predicted octanol–water partition coefficient (Wildman–Crippen LogP) is 4.48. The normalized spacial score (nSPS) is 20.8. The number of benzene rings is 2. The molecule has 1 aliphatic carbocycles. The van der Waals surface area contributed by atoms with Gasteiger partial charge in [-0.3, -0.25) is 19.3 Å². The number of carbonyl (C=O) groups is 3. The Hall–Kier alpha value is -2.49. The van der Waals surface area contributed by atoms with Gasteiger partial charge in [-0.05, 0) is 42.5 Å². The van der Waals surface area contributed by atoms with Crippen molar-refractivity contribution in [2.45, 2.75) is 51.1 Å². The maximum absolute atomic E-state index is 14.6. The highest BCUT2D eigenvalue weighted by Gasteiger charge is 2.30. The van der Waals surface area contributed by atoms with Gasteiger partial charge in [0.2, 0.25) is 5.91 Å². The molecule has 0 bridgehead atoms. The van der Waals surface area contributed by atoms with Gasteiger partial charge in [0.1, 0.15) is 5.82 Å². The molecule has 2 aliphatic rings. The lowest BCUT2D eigenvalue weighted by Gasteiger charge is -2.35. The van der Waals surface area contributed by atoms with Gasteiger partial charge in [0.05, 0.1) is 12.6 Å². The summed E-state index contributed by atoms with van der Waals surface area (Å²) in [6, 6.07) is 11.3. The van der Waals surface area contributed by atoms with E-state index in [1.807, 2.05) is 29.2 Å². The van der Waals surface area contributed by atoms with Gasteiger partial charge in [0, 0.05) is 53.7 Å². The van der Waals surface area contributed by atoms with Crippen molar-refractivity contribution in [1.82, 2.24) is 20.4 Å². The van der Waals surface area contributed by atoms with Crippen LogP contribution in [0.15, 0.2) is 46.9 Å². The highest BCUT2D eigenvalue weighted by atomic mass is 79.9. The minimum atomic E-state index is -0.763. The standard InChI is InChI=1S/C29H35BrClFN4O3/c1-19-6-4-7-20(16-19)33-27(37)18-35-12-14-36(15-13-35)29(39)28(38)34-26(21-8-2-3-9-23(21)30)17-22-24(31)10-5-11-25(22)32/h2-3,5,8-11,19-20,26H,4,6-7,12-18H2,1H3,(H,33,37)(H,34,38). The lowest BCUT2D eigenvalue weighted by atomic mass is 9.87. The quantitative estimate of drug-likeness (QED) is 0.447. The number of piperazine rings is 1. The summed E-state index contributed by atoms with van der Waals surface area (Å²) < 4.78 is 15.3. The lowest BCUT2D eigenvalue weighted by Crippen LogP contribution is -2.54. The number of amides is 3. The van der Waals surface area contributed by atoms with Crippen molar-refractivity contribution in [3.05, 3.63) is 68.9 Å². The Morgan fingerprint density at radius 2 is 1.82 bits per heavy atom. The zero-order chi connectivity index (χ0) is 27.9. The molecule has 2 N–H and O–H groups in total. The molecule has 2 aromatic rings. The third kappa shape index (κ3) is 8.02. The summed E-state index contributed by atoms with van der Waals surface area (Å²) in [5.41, 5.74) is 0.975. The van der Waals surface area contributed by atoms with Crippen LogP contribution in [0.1, 0.15) is 49.8 Å². The van der Waals surface area contributed by atoms with Crippen LogP contribution >= 0.6 is 27.5 Å².